The molecule has 0 aliphatic carbocycles. The Labute approximate surface area is 89.1 Å². The van der Waals surface area contributed by atoms with Crippen LogP contribution in [0.2, 0.25) is 5.02 Å². The molecule has 0 unspecified atom stereocenters. The van der Waals surface area contributed by atoms with Gasteiger partial charge in [0.15, 0.2) is 0 Å². The van der Waals surface area contributed by atoms with E-state index in [4.69, 9.17) is 11.6 Å². The largest absolute Gasteiger partial charge is 0.240 e. The second-order valence-corrected chi connectivity index (χ2v) is 5.09. The first-order valence-electron chi connectivity index (χ1n) is 4.23. The minimum Gasteiger partial charge on any atom is -0.211 e. The van der Waals surface area contributed by atoms with Crippen molar-refractivity contribution in [1.82, 2.24) is 4.72 Å². The first kappa shape index (κ1) is 11.5. The van der Waals surface area contributed by atoms with Crippen molar-refractivity contribution in [1.29, 1.82) is 0 Å². The maximum Gasteiger partial charge on any atom is 0.240 e. The van der Waals surface area contributed by atoms with Gasteiger partial charge in [0.25, 0.3) is 0 Å². The summed E-state index contributed by atoms with van der Waals surface area (Å²) in [7, 11) is -3.36. The molecule has 0 fully saturated rings. The average molecular weight is 234 g/mol. The number of hydrogen-bond donors (Lipinski definition) is 1. The predicted molar refractivity (Wildman–Crippen MR) is 57.1 cm³/mol. The fourth-order valence-corrected chi connectivity index (χ4v) is 2.30. The van der Waals surface area contributed by atoms with Gasteiger partial charge in [-0.3, -0.25) is 0 Å². The highest BCUT2D eigenvalue weighted by atomic mass is 35.5. The Balaban J connectivity index is 3.15. The van der Waals surface area contributed by atoms with E-state index in [0.29, 0.717) is 11.6 Å². The van der Waals surface area contributed by atoms with E-state index in [-0.39, 0.29) is 4.90 Å². The molecule has 0 saturated heterocycles. The second kappa shape index (κ2) is 4.29. The summed E-state index contributed by atoms with van der Waals surface area (Å²) in [5, 5.41) is 0.570. The third-order valence-electron chi connectivity index (χ3n) is 1.77. The Kier molecular flexibility index (Phi) is 3.53. The summed E-state index contributed by atoms with van der Waals surface area (Å²) in [5.74, 6) is 0. The van der Waals surface area contributed by atoms with E-state index in [9.17, 15) is 8.42 Å². The maximum atomic E-state index is 11.5. The highest BCUT2D eigenvalue weighted by molar-refractivity contribution is 7.89. The van der Waals surface area contributed by atoms with Crippen LogP contribution in [0.5, 0.6) is 0 Å². The Morgan fingerprint density at radius 3 is 2.57 bits per heavy atom. The summed E-state index contributed by atoms with van der Waals surface area (Å²) < 4.78 is 25.5. The van der Waals surface area contributed by atoms with E-state index in [2.05, 4.69) is 4.72 Å². The van der Waals surface area contributed by atoms with Gasteiger partial charge in [0.2, 0.25) is 10.0 Å². The van der Waals surface area contributed by atoms with Crippen molar-refractivity contribution in [2.45, 2.75) is 18.7 Å². The lowest BCUT2D eigenvalue weighted by molar-refractivity contribution is 0.584. The van der Waals surface area contributed by atoms with Crippen LogP contribution in [-0.4, -0.2) is 15.0 Å². The molecule has 0 spiro atoms. The molecule has 1 aromatic rings. The quantitative estimate of drug-likeness (QED) is 0.868. The van der Waals surface area contributed by atoms with Gasteiger partial charge in [-0.2, -0.15) is 0 Å². The highest BCUT2D eigenvalue weighted by Gasteiger charge is 2.12. The number of rotatable bonds is 3. The van der Waals surface area contributed by atoms with Crippen molar-refractivity contribution in [3.63, 3.8) is 0 Å². The lowest BCUT2D eigenvalue weighted by atomic mass is 10.2. The van der Waals surface area contributed by atoms with Crippen LogP contribution in [0.25, 0.3) is 0 Å². The summed E-state index contributed by atoms with van der Waals surface area (Å²) in [5.41, 5.74) is 0.755. The van der Waals surface area contributed by atoms with Gasteiger partial charge in [-0.1, -0.05) is 18.5 Å². The lowest BCUT2D eigenvalue weighted by Crippen LogP contribution is -2.23. The van der Waals surface area contributed by atoms with Crippen LogP contribution in [0.3, 0.4) is 0 Å². The normalized spacial score (nSPS) is 11.6. The number of halogens is 1. The van der Waals surface area contributed by atoms with Crippen LogP contribution in [0, 0.1) is 6.92 Å². The average Bonchev–Trinajstić information content (AvgIpc) is 2.09. The zero-order chi connectivity index (χ0) is 10.8. The van der Waals surface area contributed by atoms with E-state index in [0.717, 1.165) is 5.56 Å². The first-order chi connectivity index (χ1) is 6.47. The molecule has 3 nitrogen and oxygen atoms in total. The van der Waals surface area contributed by atoms with E-state index in [1.165, 1.54) is 6.07 Å². The van der Waals surface area contributed by atoms with Crippen molar-refractivity contribution >= 4 is 21.6 Å². The van der Waals surface area contributed by atoms with Crippen molar-refractivity contribution in [2.75, 3.05) is 6.54 Å². The number of aryl methyl sites for hydroxylation is 1. The summed E-state index contributed by atoms with van der Waals surface area (Å²) in [6.07, 6.45) is 0. The lowest BCUT2D eigenvalue weighted by Gasteiger charge is -2.05. The topological polar surface area (TPSA) is 46.2 Å². The fraction of sp³-hybridized carbons (Fsp3) is 0.333. The number of sulfonamides is 1. The molecular weight excluding hydrogens is 222 g/mol. The molecule has 0 amide bonds. The Morgan fingerprint density at radius 2 is 2.07 bits per heavy atom. The zero-order valence-corrected chi connectivity index (χ0v) is 9.61. The van der Waals surface area contributed by atoms with Crippen LogP contribution in [0.15, 0.2) is 23.1 Å². The molecule has 0 aliphatic heterocycles. The Morgan fingerprint density at radius 1 is 1.43 bits per heavy atom. The van der Waals surface area contributed by atoms with Crippen molar-refractivity contribution in [2.24, 2.45) is 0 Å². The van der Waals surface area contributed by atoms with Gasteiger partial charge in [-0.25, -0.2) is 13.1 Å². The zero-order valence-electron chi connectivity index (χ0n) is 8.04. The van der Waals surface area contributed by atoms with E-state index < -0.39 is 10.0 Å². The van der Waals surface area contributed by atoms with E-state index in [1.807, 2.05) is 0 Å². The van der Waals surface area contributed by atoms with Gasteiger partial charge in [0, 0.05) is 11.6 Å². The molecule has 0 atom stereocenters. The minimum absolute atomic E-state index is 0.251. The SMILES string of the molecule is CCNS(=O)(=O)c1ccc(Cl)c(C)c1. The molecule has 0 heterocycles. The molecule has 14 heavy (non-hydrogen) atoms. The molecule has 0 saturated carbocycles. The Bertz CT molecular complexity index is 428. The molecule has 0 bridgehead atoms. The van der Waals surface area contributed by atoms with Crippen LogP contribution in [0.1, 0.15) is 12.5 Å². The monoisotopic (exact) mass is 233 g/mol. The van der Waals surface area contributed by atoms with Crippen molar-refractivity contribution < 1.29 is 8.42 Å². The second-order valence-electron chi connectivity index (χ2n) is 2.91. The van der Waals surface area contributed by atoms with Crippen LogP contribution >= 0.6 is 11.6 Å². The summed E-state index contributed by atoms with van der Waals surface area (Å²) >= 11 is 5.79. The third-order valence-corrected chi connectivity index (χ3v) is 3.74. The highest BCUT2D eigenvalue weighted by Crippen LogP contribution is 2.18. The first-order valence-corrected chi connectivity index (χ1v) is 6.09. The van der Waals surface area contributed by atoms with Gasteiger partial charge in [-0.05, 0) is 30.7 Å². The number of hydrogen-bond acceptors (Lipinski definition) is 2. The molecule has 1 aromatic carbocycles. The summed E-state index contributed by atoms with van der Waals surface area (Å²) in [4.78, 5) is 0.251. The Hall–Kier alpha value is -0.580. The van der Waals surface area contributed by atoms with Gasteiger partial charge in [0.05, 0.1) is 4.90 Å². The standard InChI is InChI=1S/C9H12ClNO2S/c1-3-11-14(12,13)8-4-5-9(10)7(2)6-8/h4-6,11H,3H2,1-2H3. The van der Waals surface area contributed by atoms with E-state index in [1.54, 1.807) is 26.0 Å². The van der Waals surface area contributed by atoms with Crippen LogP contribution in [0.4, 0.5) is 0 Å². The molecule has 1 rings (SSSR count). The summed E-state index contributed by atoms with van der Waals surface area (Å²) in [6.45, 7) is 3.89. The summed E-state index contributed by atoms with van der Waals surface area (Å²) in [6, 6.07) is 4.63. The molecule has 0 radical (unpaired) electrons. The van der Waals surface area contributed by atoms with Gasteiger partial charge in [0.1, 0.15) is 0 Å². The van der Waals surface area contributed by atoms with Gasteiger partial charge in [-0.15, -0.1) is 0 Å². The fourth-order valence-electron chi connectivity index (χ4n) is 1.06. The van der Waals surface area contributed by atoms with Crippen LogP contribution < -0.4 is 4.72 Å². The smallest absolute Gasteiger partial charge is 0.211 e. The molecule has 1 N–H and O–H groups in total. The van der Waals surface area contributed by atoms with Gasteiger partial charge < -0.3 is 0 Å². The molecule has 0 aromatic heterocycles. The molecule has 0 aliphatic rings. The molecule has 78 valence electrons. The van der Waals surface area contributed by atoms with Crippen molar-refractivity contribution in [3.05, 3.63) is 28.8 Å². The third kappa shape index (κ3) is 2.47. The maximum absolute atomic E-state index is 11.5. The van der Waals surface area contributed by atoms with Crippen molar-refractivity contribution in [3.8, 4) is 0 Å². The number of nitrogens with one attached hydrogen (secondary N) is 1. The number of benzene rings is 1. The van der Waals surface area contributed by atoms with E-state index >= 15 is 0 Å². The molecular formula is C9H12ClNO2S. The van der Waals surface area contributed by atoms with Crippen LogP contribution in [-0.2, 0) is 10.0 Å². The predicted octanol–water partition coefficient (Wildman–Crippen LogP) is 1.95. The molecule has 5 heteroatoms. The van der Waals surface area contributed by atoms with Gasteiger partial charge >= 0.3 is 0 Å². The minimum atomic E-state index is -3.36.